The Morgan fingerprint density at radius 3 is 2.03 bits per heavy atom. The first-order chi connectivity index (χ1) is 14.0. The Balaban J connectivity index is 0.000000360. The van der Waals surface area contributed by atoms with Crippen LogP contribution in [0.25, 0.3) is 0 Å². The van der Waals surface area contributed by atoms with Crippen molar-refractivity contribution < 1.29 is 19.5 Å². The van der Waals surface area contributed by atoms with E-state index in [0.29, 0.717) is 35.1 Å². The molecule has 3 rings (SSSR count). The fraction of sp³-hybridized carbons (Fsp3) is 0.292. The zero-order chi connectivity index (χ0) is 21.2. The van der Waals surface area contributed by atoms with Crippen molar-refractivity contribution in [2.45, 2.75) is 33.1 Å². The molecule has 1 amide bonds. The second kappa shape index (κ2) is 11.1. The van der Waals surface area contributed by atoms with E-state index in [2.05, 4.69) is 24.4 Å². The van der Waals surface area contributed by atoms with Gasteiger partial charge in [-0.1, -0.05) is 60.2 Å². The minimum Gasteiger partial charge on any atom is -0.395 e. The number of carbonyl (C=O) groups excluding carboxylic acids is 3. The smallest absolute Gasteiger partial charge is 0.220 e. The van der Waals surface area contributed by atoms with Gasteiger partial charge in [0.15, 0.2) is 11.6 Å². The van der Waals surface area contributed by atoms with Crippen molar-refractivity contribution in [3.05, 3.63) is 82.4 Å². The number of ketones is 2. The third kappa shape index (κ3) is 6.22. The molecule has 1 aliphatic carbocycles. The van der Waals surface area contributed by atoms with Gasteiger partial charge in [-0.3, -0.25) is 14.4 Å². The maximum atomic E-state index is 12.5. The van der Waals surface area contributed by atoms with E-state index in [9.17, 15) is 14.4 Å². The van der Waals surface area contributed by atoms with Crippen LogP contribution in [0.1, 0.15) is 52.5 Å². The molecule has 0 fully saturated rings. The van der Waals surface area contributed by atoms with Crippen LogP contribution in [0.15, 0.2) is 65.7 Å². The van der Waals surface area contributed by atoms with E-state index in [1.165, 1.54) is 5.56 Å². The largest absolute Gasteiger partial charge is 0.395 e. The molecule has 0 saturated heterocycles. The molecule has 2 aromatic rings. The van der Waals surface area contributed by atoms with Crippen LogP contribution in [-0.2, 0) is 4.79 Å². The number of aliphatic hydroxyl groups excluding tert-OH is 1. The molecule has 1 aliphatic rings. The van der Waals surface area contributed by atoms with Gasteiger partial charge in [0.1, 0.15) is 0 Å². The fourth-order valence-electron chi connectivity index (χ4n) is 3.10. The van der Waals surface area contributed by atoms with Gasteiger partial charge >= 0.3 is 0 Å². The first-order valence-corrected chi connectivity index (χ1v) is 9.73. The molecule has 152 valence electrons. The maximum absolute atomic E-state index is 12.5. The summed E-state index contributed by atoms with van der Waals surface area (Å²) in [7, 11) is 0. The van der Waals surface area contributed by atoms with Crippen LogP contribution in [0.3, 0.4) is 0 Å². The Hall–Kier alpha value is -3.05. The molecule has 0 aromatic heterocycles. The predicted molar refractivity (Wildman–Crippen MR) is 113 cm³/mol. The lowest BCUT2D eigenvalue weighted by Crippen LogP contribution is -2.26. The Morgan fingerprint density at radius 2 is 1.48 bits per heavy atom. The molecule has 0 bridgehead atoms. The third-order valence-electron chi connectivity index (χ3n) is 4.69. The van der Waals surface area contributed by atoms with Gasteiger partial charge in [-0.25, -0.2) is 0 Å². The summed E-state index contributed by atoms with van der Waals surface area (Å²) in [5, 5.41) is 11.2. The van der Waals surface area contributed by atoms with Crippen LogP contribution in [0, 0.1) is 6.92 Å². The van der Waals surface area contributed by atoms with Crippen molar-refractivity contribution in [1.29, 1.82) is 0 Å². The minimum atomic E-state index is -0.165. The molecule has 0 atom stereocenters. The van der Waals surface area contributed by atoms with Crippen molar-refractivity contribution in [1.82, 2.24) is 5.32 Å². The normalized spacial score (nSPS) is 12.8. The molecule has 2 aromatic carbocycles. The van der Waals surface area contributed by atoms with Crippen molar-refractivity contribution in [2.24, 2.45) is 0 Å². The molecular weight excluding hydrogens is 366 g/mol. The average Bonchev–Trinajstić information content (AvgIpc) is 2.74. The number of allylic oxidation sites excluding steroid dienone is 2. The number of nitrogens with one attached hydrogen (secondary N) is 1. The van der Waals surface area contributed by atoms with E-state index in [-0.39, 0.29) is 37.0 Å². The maximum Gasteiger partial charge on any atom is 0.220 e. The van der Waals surface area contributed by atoms with E-state index in [1.54, 1.807) is 31.2 Å². The molecule has 2 N–H and O–H groups in total. The standard InChI is InChI=1S/C17H19NO4.C7H8/c1-11-12(7-4-8-15(20)18-9-10-19)17(22)14-6-3-2-5-13(14)16(11)21;1-7-5-3-2-4-6-7/h2-3,5-6,19H,4,7-10H2,1H3,(H,18,20);2-6H,1H3. The second-order valence-corrected chi connectivity index (χ2v) is 6.89. The van der Waals surface area contributed by atoms with Gasteiger partial charge in [-0.05, 0) is 26.7 Å². The van der Waals surface area contributed by atoms with Gasteiger partial charge in [0.05, 0.1) is 6.61 Å². The molecule has 0 aliphatic heterocycles. The van der Waals surface area contributed by atoms with Crippen LogP contribution < -0.4 is 5.32 Å². The number of carbonyl (C=O) groups is 3. The number of amides is 1. The van der Waals surface area contributed by atoms with E-state index >= 15 is 0 Å². The first-order valence-electron chi connectivity index (χ1n) is 9.73. The quantitative estimate of drug-likeness (QED) is 0.785. The highest BCUT2D eigenvalue weighted by atomic mass is 16.3. The highest BCUT2D eigenvalue weighted by Gasteiger charge is 2.28. The van der Waals surface area contributed by atoms with E-state index < -0.39 is 0 Å². The van der Waals surface area contributed by atoms with Gasteiger partial charge in [-0.2, -0.15) is 0 Å². The van der Waals surface area contributed by atoms with Crippen LogP contribution in [0.2, 0.25) is 0 Å². The van der Waals surface area contributed by atoms with E-state index in [1.807, 2.05) is 18.2 Å². The van der Waals surface area contributed by atoms with Gasteiger partial charge in [0, 0.05) is 35.2 Å². The molecule has 0 saturated carbocycles. The Bertz CT molecular complexity index is 900. The second-order valence-electron chi connectivity index (χ2n) is 6.89. The van der Waals surface area contributed by atoms with Crippen LogP contribution >= 0.6 is 0 Å². The number of aliphatic hydroxyl groups is 1. The van der Waals surface area contributed by atoms with Gasteiger partial charge in [-0.15, -0.1) is 0 Å². The molecule has 0 radical (unpaired) electrons. The number of fused-ring (bicyclic) bond motifs is 1. The van der Waals surface area contributed by atoms with Crippen molar-refractivity contribution >= 4 is 17.5 Å². The number of benzene rings is 2. The first kappa shape index (κ1) is 22.2. The summed E-state index contributed by atoms with van der Waals surface area (Å²) < 4.78 is 0. The molecule has 0 unspecified atom stereocenters. The summed E-state index contributed by atoms with van der Waals surface area (Å²) in [5.41, 5.74) is 3.19. The highest BCUT2D eigenvalue weighted by Crippen LogP contribution is 2.28. The lowest BCUT2D eigenvalue weighted by molar-refractivity contribution is -0.121. The van der Waals surface area contributed by atoms with E-state index in [4.69, 9.17) is 5.11 Å². The summed E-state index contributed by atoms with van der Waals surface area (Å²) >= 11 is 0. The Kier molecular flexibility index (Phi) is 8.49. The van der Waals surface area contributed by atoms with Crippen LogP contribution in [0.5, 0.6) is 0 Å². The van der Waals surface area contributed by atoms with E-state index in [0.717, 1.165) is 0 Å². The summed E-state index contributed by atoms with van der Waals surface area (Å²) in [6, 6.07) is 17.1. The van der Waals surface area contributed by atoms with Crippen molar-refractivity contribution in [2.75, 3.05) is 13.2 Å². The zero-order valence-corrected chi connectivity index (χ0v) is 16.9. The van der Waals surface area contributed by atoms with Crippen molar-refractivity contribution in [3.63, 3.8) is 0 Å². The number of hydrogen-bond donors (Lipinski definition) is 2. The molecule has 0 spiro atoms. The number of rotatable bonds is 6. The highest BCUT2D eigenvalue weighted by molar-refractivity contribution is 6.26. The Labute approximate surface area is 171 Å². The predicted octanol–water partition coefficient (Wildman–Crippen LogP) is 3.66. The lowest BCUT2D eigenvalue weighted by atomic mass is 9.83. The summed E-state index contributed by atoms with van der Waals surface area (Å²) in [5.74, 6) is -0.402. The molecule has 0 heterocycles. The Morgan fingerprint density at radius 1 is 0.897 bits per heavy atom. The zero-order valence-electron chi connectivity index (χ0n) is 16.9. The molecule has 5 heteroatoms. The summed E-state index contributed by atoms with van der Waals surface area (Å²) in [6.45, 7) is 3.88. The molecular formula is C24H27NO4. The lowest BCUT2D eigenvalue weighted by Gasteiger charge is -2.18. The van der Waals surface area contributed by atoms with Gasteiger partial charge < -0.3 is 10.4 Å². The summed E-state index contributed by atoms with van der Waals surface area (Å²) in [4.78, 5) is 36.2. The van der Waals surface area contributed by atoms with Crippen molar-refractivity contribution in [3.8, 4) is 0 Å². The number of hydrogen-bond acceptors (Lipinski definition) is 4. The van der Waals surface area contributed by atoms with Crippen LogP contribution in [-0.4, -0.2) is 35.7 Å². The number of Topliss-reactive ketones (excluding diaryl/α,β-unsaturated/α-hetero) is 2. The number of aryl methyl sites for hydroxylation is 1. The average molecular weight is 393 g/mol. The topological polar surface area (TPSA) is 83.5 Å². The van der Waals surface area contributed by atoms with Gasteiger partial charge in [0.25, 0.3) is 0 Å². The third-order valence-corrected chi connectivity index (χ3v) is 4.69. The summed E-state index contributed by atoms with van der Waals surface area (Å²) in [6.07, 6.45) is 1.16. The minimum absolute atomic E-state index is 0.0974. The van der Waals surface area contributed by atoms with Crippen LogP contribution in [0.4, 0.5) is 0 Å². The SMILES string of the molecule is CC1=C(CCCC(=O)NCCO)C(=O)c2ccccc2C1=O.Cc1ccccc1. The molecule has 29 heavy (non-hydrogen) atoms. The van der Waals surface area contributed by atoms with Gasteiger partial charge in [0.2, 0.25) is 5.91 Å². The monoisotopic (exact) mass is 393 g/mol. The molecule has 5 nitrogen and oxygen atoms in total. The fourth-order valence-corrected chi connectivity index (χ4v) is 3.10.